The van der Waals surface area contributed by atoms with Gasteiger partial charge in [0.25, 0.3) is 0 Å². The Balaban J connectivity index is 1.10. The summed E-state index contributed by atoms with van der Waals surface area (Å²) in [7, 11) is 0. The molecule has 0 atom stereocenters. The van der Waals surface area contributed by atoms with Crippen molar-refractivity contribution in [1.29, 1.82) is 0 Å². The maximum atomic E-state index is 2.51. The van der Waals surface area contributed by atoms with Crippen molar-refractivity contribution in [2.45, 2.75) is 39.5 Å². The molecule has 4 aromatic heterocycles. The Hall–Kier alpha value is -9.52. The number of aromatic nitrogens is 4. The van der Waals surface area contributed by atoms with Crippen LogP contribution in [0.15, 0.2) is 231 Å². The van der Waals surface area contributed by atoms with E-state index in [2.05, 4.69) is 287 Å². The van der Waals surface area contributed by atoms with Crippen molar-refractivity contribution in [3.63, 3.8) is 0 Å². The van der Waals surface area contributed by atoms with Gasteiger partial charge in [-0.15, -0.1) is 0 Å². The first-order valence-electron chi connectivity index (χ1n) is 26.8. The SMILES string of the molecule is CC(C)c1cc(N(n2c3ccccc3c3ccccc32)n2c3ccccc3c3ccccc32)c2ccc3c(C(C)C)cc(N(n4c5ccccc5c5ccccc54)n4c5ccccc5c5ccccc54)c4ccc1c2c34. The predicted molar refractivity (Wildman–Crippen MR) is 323 cm³/mol. The Labute approximate surface area is 438 Å². The number of anilines is 2. The Morgan fingerprint density at radius 2 is 0.434 bits per heavy atom. The second-order valence-electron chi connectivity index (χ2n) is 21.3. The molecule has 0 N–H and O–H groups in total. The molecule has 76 heavy (non-hydrogen) atoms. The Bertz CT molecular complexity index is 4280. The van der Waals surface area contributed by atoms with Crippen molar-refractivity contribution in [3.05, 3.63) is 242 Å². The summed E-state index contributed by atoms with van der Waals surface area (Å²) < 4.78 is 9.93. The molecule has 6 nitrogen and oxygen atoms in total. The molecule has 16 rings (SSSR count). The second-order valence-corrected chi connectivity index (χ2v) is 21.3. The molecular weight excluding hydrogens is 925 g/mol. The molecular formula is C70H52N6. The third-order valence-electron chi connectivity index (χ3n) is 16.6. The number of benzene rings is 12. The zero-order chi connectivity index (χ0) is 50.5. The maximum absolute atomic E-state index is 2.51. The van der Waals surface area contributed by atoms with Crippen molar-refractivity contribution in [3.8, 4) is 0 Å². The monoisotopic (exact) mass is 976 g/mol. The molecule has 12 aromatic carbocycles. The van der Waals surface area contributed by atoms with Gasteiger partial charge >= 0.3 is 0 Å². The summed E-state index contributed by atoms with van der Waals surface area (Å²) in [4.78, 5) is 0. The normalized spacial score (nSPS) is 12.4. The molecule has 0 unspecified atom stereocenters. The van der Waals surface area contributed by atoms with Crippen LogP contribution in [0.2, 0.25) is 0 Å². The fraction of sp³-hybridized carbons (Fsp3) is 0.0857. The van der Waals surface area contributed by atoms with Gasteiger partial charge in [-0.25, -0.2) is 18.7 Å². The number of nitrogens with zero attached hydrogens (tertiary/aromatic N) is 6. The summed E-state index contributed by atoms with van der Waals surface area (Å²) in [5.41, 5.74) is 13.9. The third kappa shape index (κ3) is 5.76. The average Bonchev–Trinajstić information content (AvgIpc) is 4.31. The average molecular weight is 977 g/mol. The highest BCUT2D eigenvalue weighted by atomic mass is 15.8. The molecule has 4 heterocycles. The zero-order valence-corrected chi connectivity index (χ0v) is 42.8. The van der Waals surface area contributed by atoms with Crippen molar-refractivity contribution in [2.24, 2.45) is 0 Å². The second kappa shape index (κ2) is 16.0. The largest absolute Gasteiger partial charge is 0.233 e. The van der Waals surface area contributed by atoms with E-state index in [1.54, 1.807) is 0 Å². The Morgan fingerprint density at radius 3 is 0.645 bits per heavy atom. The van der Waals surface area contributed by atoms with Gasteiger partial charge in [-0.05, 0) is 105 Å². The van der Waals surface area contributed by atoms with Crippen LogP contribution in [0, 0.1) is 0 Å². The fourth-order valence-electron chi connectivity index (χ4n) is 13.3. The molecule has 0 saturated carbocycles. The molecule has 0 amide bonds. The fourth-order valence-corrected chi connectivity index (χ4v) is 13.3. The number of rotatable bonds is 8. The van der Waals surface area contributed by atoms with E-state index in [1.165, 1.54) is 86.5 Å². The summed E-state index contributed by atoms with van der Waals surface area (Å²) in [6.07, 6.45) is 0. The number of fused-ring (bicyclic) bond motifs is 12. The lowest BCUT2D eigenvalue weighted by Crippen LogP contribution is -2.35. The van der Waals surface area contributed by atoms with Crippen LogP contribution in [0.3, 0.4) is 0 Å². The van der Waals surface area contributed by atoms with Crippen LogP contribution in [0.4, 0.5) is 11.4 Å². The Kier molecular flexibility index (Phi) is 9.03. The van der Waals surface area contributed by atoms with Gasteiger partial charge in [0.1, 0.15) is 0 Å². The van der Waals surface area contributed by atoms with Crippen molar-refractivity contribution in [1.82, 2.24) is 18.7 Å². The van der Waals surface area contributed by atoms with Gasteiger partial charge in [0.05, 0.1) is 55.5 Å². The first kappa shape index (κ1) is 42.9. The standard InChI is InChI=1S/C70H52N6/c1-43(2)57-41-67(75(71-59-29-13-5-21-45(59)46-22-6-14-30-60(46)71)72-61-31-15-7-23-47(61)48-24-8-16-32-62(48)72)55-40-38-54-58(44(3)4)42-68(56-39-37-53(57)69(55)70(54)56)76(73-63-33-17-9-25-49(63)50-26-10-18-34-64(50)73)74-65-35-19-11-27-51(65)52-28-12-20-36-66(52)74/h5-44H,1-4H3. The molecule has 362 valence electrons. The lowest BCUT2D eigenvalue weighted by molar-refractivity contribution is 0.676. The van der Waals surface area contributed by atoms with E-state index in [-0.39, 0.29) is 11.8 Å². The van der Waals surface area contributed by atoms with Gasteiger partial charge in [0, 0.05) is 53.9 Å². The summed E-state index contributed by atoms with van der Waals surface area (Å²) in [6, 6.07) is 86.0. The first-order chi connectivity index (χ1) is 37.4. The zero-order valence-electron chi connectivity index (χ0n) is 42.8. The molecule has 0 aliphatic rings. The molecule has 0 saturated heterocycles. The quantitative estimate of drug-likeness (QED) is 0.142. The lowest BCUT2D eigenvalue weighted by atomic mass is 9.84. The van der Waals surface area contributed by atoms with Crippen LogP contribution >= 0.6 is 0 Å². The predicted octanol–water partition coefficient (Wildman–Crippen LogP) is 18.7. The molecule has 0 fully saturated rings. The maximum Gasteiger partial charge on any atom is 0.0906 e. The number of hydrogen-bond acceptors (Lipinski definition) is 2. The highest BCUT2D eigenvalue weighted by Crippen LogP contribution is 2.50. The van der Waals surface area contributed by atoms with Crippen LogP contribution in [-0.2, 0) is 0 Å². The van der Waals surface area contributed by atoms with Crippen LogP contribution < -0.4 is 10.2 Å². The van der Waals surface area contributed by atoms with E-state index in [4.69, 9.17) is 0 Å². The van der Waals surface area contributed by atoms with Gasteiger partial charge < -0.3 is 0 Å². The van der Waals surface area contributed by atoms with Crippen LogP contribution in [0.1, 0.15) is 50.7 Å². The smallest absolute Gasteiger partial charge is 0.0906 e. The summed E-state index contributed by atoms with van der Waals surface area (Å²) in [6.45, 7) is 9.44. The van der Waals surface area contributed by atoms with E-state index in [0.29, 0.717) is 0 Å². The number of para-hydroxylation sites is 8. The van der Waals surface area contributed by atoms with Gasteiger partial charge in [0.15, 0.2) is 0 Å². The van der Waals surface area contributed by atoms with E-state index in [1.807, 2.05) is 0 Å². The highest BCUT2D eigenvalue weighted by molar-refractivity contribution is 6.29. The number of hydrogen-bond donors (Lipinski definition) is 0. The molecule has 0 bridgehead atoms. The first-order valence-corrected chi connectivity index (χ1v) is 26.8. The van der Waals surface area contributed by atoms with Gasteiger partial charge in [-0.1, -0.05) is 198 Å². The van der Waals surface area contributed by atoms with Crippen LogP contribution in [0.25, 0.3) is 120 Å². The molecule has 16 aromatic rings. The van der Waals surface area contributed by atoms with E-state index in [9.17, 15) is 0 Å². The van der Waals surface area contributed by atoms with Crippen molar-refractivity contribution < 1.29 is 0 Å². The minimum atomic E-state index is 0.206. The van der Waals surface area contributed by atoms with E-state index >= 15 is 0 Å². The van der Waals surface area contributed by atoms with Crippen LogP contribution in [-0.4, -0.2) is 18.7 Å². The highest BCUT2D eigenvalue weighted by Gasteiger charge is 2.31. The van der Waals surface area contributed by atoms with E-state index in [0.717, 1.165) is 55.5 Å². The molecule has 0 aliphatic heterocycles. The van der Waals surface area contributed by atoms with Gasteiger partial charge in [0.2, 0.25) is 0 Å². The lowest BCUT2D eigenvalue weighted by Gasteiger charge is -2.34. The molecule has 0 aliphatic carbocycles. The summed E-state index contributed by atoms with van der Waals surface area (Å²) in [5.74, 6) is 0.412. The summed E-state index contributed by atoms with van der Waals surface area (Å²) in [5, 5.41) is 22.2. The van der Waals surface area contributed by atoms with Crippen molar-refractivity contribution in [2.75, 3.05) is 10.2 Å². The van der Waals surface area contributed by atoms with Crippen molar-refractivity contribution >= 4 is 131 Å². The third-order valence-corrected chi connectivity index (χ3v) is 16.6. The molecule has 0 radical (unpaired) electrons. The molecule has 0 spiro atoms. The summed E-state index contributed by atoms with van der Waals surface area (Å²) >= 11 is 0. The molecule has 6 heteroatoms. The van der Waals surface area contributed by atoms with Gasteiger partial charge in [-0.3, -0.25) is 0 Å². The minimum Gasteiger partial charge on any atom is -0.233 e. The van der Waals surface area contributed by atoms with Crippen LogP contribution in [0.5, 0.6) is 0 Å². The van der Waals surface area contributed by atoms with Gasteiger partial charge in [-0.2, -0.15) is 10.2 Å². The Morgan fingerprint density at radius 1 is 0.237 bits per heavy atom. The minimum absolute atomic E-state index is 0.206. The van der Waals surface area contributed by atoms with E-state index < -0.39 is 0 Å². The topological polar surface area (TPSA) is 26.2 Å².